The summed E-state index contributed by atoms with van der Waals surface area (Å²) in [7, 11) is 2.92. The highest BCUT2D eigenvalue weighted by Gasteiger charge is 2.12. The van der Waals surface area contributed by atoms with Crippen LogP contribution in [0.5, 0.6) is 0 Å². The fraction of sp³-hybridized carbons (Fsp3) is 0.800. The van der Waals surface area contributed by atoms with Crippen molar-refractivity contribution in [3.63, 3.8) is 0 Å². The largest absolute Gasteiger partial charge is 0.469 e. The molecule has 88 valence electrons. The maximum atomic E-state index is 11.4. The summed E-state index contributed by atoms with van der Waals surface area (Å²) in [5.41, 5.74) is 0. The molecule has 0 aromatic rings. The van der Waals surface area contributed by atoms with Gasteiger partial charge < -0.3 is 14.4 Å². The summed E-state index contributed by atoms with van der Waals surface area (Å²) in [6.07, 6.45) is 0.664. The van der Waals surface area contributed by atoms with Crippen molar-refractivity contribution in [3.05, 3.63) is 0 Å². The van der Waals surface area contributed by atoms with Crippen LogP contribution >= 0.6 is 0 Å². The summed E-state index contributed by atoms with van der Waals surface area (Å²) in [5, 5.41) is 0. The number of carbonyl (C=O) groups excluding carboxylic acids is 2. The Morgan fingerprint density at radius 2 is 1.87 bits per heavy atom. The molecular weight excluding hydrogens is 198 g/mol. The number of hydrogen-bond acceptors (Lipinski definition) is 4. The highest BCUT2D eigenvalue weighted by atomic mass is 16.5. The standard InChI is InChI=1S/C10H19NO4/c1-4-9(12)11(7-8-14-2)6-5-10(13)15-3/h4-8H2,1-3H3. The number of amides is 1. The van der Waals surface area contributed by atoms with Crippen LogP contribution in [0.15, 0.2) is 0 Å². The summed E-state index contributed by atoms with van der Waals surface area (Å²) < 4.78 is 9.40. The molecule has 0 aromatic carbocycles. The van der Waals surface area contributed by atoms with E-state index in [0.717, 1.165) is 0 Å². The van der Waals surface area contributed by atoms with Crippen molar-refractivity contribution in [3.8, 4) is 0 Å². The monoisotopic (exact) mass is 217 g/mol. The zero-order chi connectivity index (χ0) is 11.7. The summed E-state index contributed by atoms with van der Waals surface area (Å²) in [5.74, 6) is -0.280. The van der Waals surface area contributed by atoms with Crippen LogP contribution < -0.4 is 0 Å². The van der Waals surface area contributed by atoms with Crippen molar-refractivity contribution in [1.29, 1.82) is 0 Å². The number of carbonyl (C=O) groups is 2. The first kappa shape index (κ1) is 13.9. The third-order valence-corrected chi connectivity index (χ3v) is 2.03. The van der Waals surface area contributed by atoms with Crippen molar-refractivity contribution in [2.75, 3.05) is 33.9 Å². The van der Waals surface area contributed by atoms with Crippen molar-refractivity contribution in [2.24, 2.45) is 0 Å². The van der Waals surface area contributed by atoms with E-state index in [2.05, 4.69) is 4.74 Å². The average Bonchev–Trinajstić information content (AvgIpc) is 2.27. The van der Waals surface area contributed by atoms with Gasteiger partial charge in [-0.05, 0) is 0 Å². The Morgan fingerprint density at radius 1 is 1.20 bits per heavy atom. The second kappa shape index (κ2) is 8.23. The van der Waals surface area contributed by atoms with Crippen molar-refractivity contribution in [1.82, 2.24) is 4.90 Å². The van der Waals surface area contributed by atoms with E-state index in [0.29, 0.717) is 26.1 Å². The lowest BCUT2D eigenvalue weighted by Gasteiger charge is -2.21. The summed E-state index contributed by atoms with van der Waals surface area (Å²) in [6.45, 7) is 3.18. The maximum Gasteiger partial charge on any atom is 0.307 e. The van der Waals surface area contributed by atoms with E-state index in [1.54, 1.807) is 18.9 Å². The number of nitrogens with zero attached hydrogens (tertiary/aromatic N) is 1. The molecule has 0 aliphatic rings. The second-order valence-corrected chi connectivity index (χ2v) is 3.05. The fourth-order valence-electron chi connectivity index (χ4n) is 1.11. The molecule has 0 aliphatic carbocycles. The van der Waals surface area contributed by atoms with Gasteiger partial charge in [0.2, 0.25) is 5.91 Å². The van der Waals surface area contributed by atoms with E-state index in [9.17, 15) is 9.59 Å². The van der Waals surface area contributed by atoms with Gasteiger partial charge in [-0.25, -0.2) is 0 Å². The van der Waals surface area contributed by atoms with Gasteiger partial charge in [-0.2, -0.15) is 0 Å². The van der Waals surface area contributed by atoms with Crippen LogP contribution in [-0.4, -0.2) is 50.7 Å². The molecule has 0 radical (unpaired) electrons. The third-order valence-electron chi connectivity index (χ3n) is 2.03. The van der Waals surface area contributed by atoms with E-state index >= 15 is 0 Å². The third kappa shape index (κ3) is 6.06. The molecule has 5 heteroatoms. The summed E-state index contributed by atoms with van der Waals surface area (Å²) in [4.78, 5) is 24.0. The summed E-state index contributed by atoms with van der Waals surface area (Å²) in [6, 6.07) is 0. The molecule has 5 nitrogen and oxygen atoms in total. The minimum absolute atomic E-state index is 0.0240. The van der Waals surface area contributed by atoms with Crippen LogP contribution in [0, 0.1) is 0 Å². The Kier molecular flexibility index (Phi) is 7.62. The van der Waals surface area contributed by atoms with Crippen LogP contribution in [0.3, 0.4) is 0 Å². The Labute approximate surface area is 90.3 Å². The highest BCUT2D eigenvalue weighted by Crippen LogP contribution is 1.97. The number of ether oxygens (including phenoxy) is 2. The van der Waals surface area contributed by atoms with E-state index in [1.807, 2.05) is 0 Å². The van der Waals surface area contributed by atoms with E-state index in [1.165, 1.54) is 7.11 Å². The predicted octanol–water partition coefficient (Wildman–Crippen LogP) is 0.434. The molecular formula is C10H19NO4. The highest BCUT2D eigenvalue weighted by molar-refractivity contribution is 5.77. The molecule has 0 aromatic heterocycles. The van der Waals surface area contributed by atoms with Crippen molar-refractivity contribution >= 4 is 11.9 Å². The number of hydrogen-bond donors (Lipinski definition) is 0. The lowest BCUT2D eigenvalue weighted by Crippen LogP contribution is -2.35. The molecule has 0 atom stereocenters. The molecule has 0 spiro atoms. The molecule has 0 unspecified atom stereocenters. The van der Waals surface area contributed by atoms with Gasteiger partial charge in [0, 0.05) is 26.6 Å². The minimum Gasteiger partial charge on any atom is -0.469 e. The molecule has 0 saturated carbocycles. The SMILES string of the molecule is CCC(=O)N(CCOC)CCC(=O)OC. The summed E-state index contributed by atoms with van der Waals surface area (Å²) >= 11 is 0. The molecule has 0 saturated heterocycles. The van der Waals surface area contributed by atoms with Crippen molar-refractivity contribution < 1.29 is 19.1 Å². The molecule has 0 bridgehead atoms. The zero-order valence-corrected chi connectivity index (χ0v) is 9.62. The first-order valence-electron chi connectivity index (χ1n) is 4.99. The van der Waals surface area contributed by atoms with Gasteiger partial charge in [-0.1, -0.05) is 6.92 Å². The molecule has 15 heavy (non-hydrogen) atoms. The van der Waals surface area contributed by atoms with Gasteiger partial charge in [0.25, 0.3) is 0 Å². The van der Waals surface area contributed by atoms with Crippen LogP contribution in [-0.2, 0) is 19.1 Å². The number of esters is 1. The van der Waals surface area contributed by atoms with Gasteiger partial charge in [-0.15, -0.1) is 0 Å². The first-order valence-corrected chi connectivity index (χ1v) is 4.99. The van der Waals surface area contributed by atoms with Gasteiger partial charge >= 0.3 is 5.97 Å². The van der Waals surface area contributed by atoms with Crippen LogP contribution in [0.25, 0.3) is 0 Å². The Balaban J connectivity index is 4.00. The molecule has 1 amide bonds. The number of rotatable bonds is 7. The van der Waals surface area contributed by atoms with E-state index < -0.39 is 0 Å². The Hall–Kier alpha value is -1.10. The molecule has 0 aliphatic heterocycles. The van der Waals surface area contributed by atoms with Gasteiger partial charge in [-0.3, -0.25) is 9.59 Å². The van der Waals surface area contributed by atoms with E-state index in [4.69, 9.17) is 4.74 Å². The van der Waals surface area contributed by atoms with Gasteiger partial charge in [0.05, 0.1) is 20.1 Å². The fourth-order valence-corrected chi connectivity index (χ4v) is 1.11. The molecule has 0 rings (SSSR count). The Morgan fingerprint density at radius 3 is 2.33 bits per heavy atom. The first-order chi connectivity index (χ1) is 7.15. The topological polar surface area (TPSA) is 55.8 Å². The predicted molar refractivity (Wildman–Crippen MR) is 55.4 cm³/mol. The van der Waals surface area contributed by atoms with Gasteiger partial charge in [0.15, 0.2) is 0 Å². The normalized spacial score (nSPS) is 9.80. The smallest absolute Gasteiger partial charge is 0.307 e. The lowest BCUT2D eigenvalue weighted by atomic mass is 10.3. The van der Waals surface area contributed by atoms with Gasteiger partial charge in [0.1, 0.15) is 0 Å². The Bertz CT molecular complexity index is 206. The quantitative estimate of drug-likeness (QED) is 0.580. The van der Waals surface area contributed by atoms with Crippen LogP contribution in [0.4, 0.5) is 0 Å². The molecule has 0 N–H and O–H groups in total. The van der Waals surface area contributed by atoms with Crippen molar-refractivity contribution in [2.45, 2.75) is 19.8 Å². The van der Waals surface area contributed by atoms with Crippen LogP contribution in [0.1, 0.15) is 19.8 Å². The number of methoxy groups -OCH3 is 2. The van der Waals surface area contributed by atoms with E-state index in [-0.39, 0.29) is 18.3 Å². The molecule has 0 fully saturated rings. The molecule has 0 heterocycles. The second-order valence-electron chi connectivity index (χ2n) is 3.05. The maximum absolute atomic E-state index is 11.4. The average molecular weight is 217 g/mol. The lowest BCUT2D eigenvalue weighted by molar-refractivity contribution is -0.141. The zero-order valence-electron chi connectivity index (χ0n) is 9.62. The van der Waals surface area contributed by atoms with Crippen LogP contribution in [0.2, 0.25) is 0 Å². The minimum atomic E-state index is -0.304.